The van der Waals surface area contributed by atoms with Crippen molar-refractivity contribution in [3.8, 4) is 0 Å². The van der Waals surface area contributed by atoms with Crippen LogP contribution < -0.4 is 10.7 Å². The van der Waals surface area contributed by atoms with Gasteiger partial charge in [-0.2, -0.15) is 5.10 Å². The van der Waals surface area contributed by atoms with Crippen molar-refractivity contribution < 1.29 is 18.7 Å². The SMILES string of the molecule is O=C(N/N=C/C1CC=CO1)c1cccc(NC(=O)c2ccc(F)cc2)c1. The van der Waals surface area contributed by atoms with E-state index in [4.69, 9.17) is 4.74 Å². The molecule has 1 heterocycles. The van der Waals surface area contributed by atoms with Gasteiger partial charge in [0.25, 0.3) is 11.8 Å². The molecule has 0 saturated heterocycles. The van der Waals surface area contributed by atoms with Gasteiger partial charge in [0.1, 0.15) is 11.9 Å². The minimum atomic E-state index is -0.417. The molecule has 1 aliphatic heterocycles. The molecule has 1 aliphatic rings. The monoisotopic (exact) mass is 353 g/mol. The Hall–Kier alpha value is -3.48. The van der Waals surface area contributed by atoms with E-state index in [1.165, 1.54) is 36.5 Å². The van der Waals surface area contributed by atoms with Gasteiger partial charge in [-0.3, -0.25) is 9.59 Å². The van der Waals surface area contributed by atoms with Gasteiger partial charge in [0.05, 0.1) is 12.5 Å². The maximum atomic E-state index is 12.9. The lowest BCUT2D eigenvalue weighted by Gasteiger charge is -2.07. The smallest absolute Gasteiger partial charge is 0.271 e. The van der Waals surface area contributed by atoms with Crippen molar-refractivity contribution in [1.29, 1.82) is 0 Å². The minimum Gasteiger partial charge on any atom is -0.492 e. The number of benzene rings is 2. The largest absolute Gasteiger partial charge is 0.492 e. The molecule has 0 bridgehead atoms. The van der Waals surface area contributed by atoms with Gasteiger partial charge in [-0.1, -0.05) is 6.07 Å². The number of hydrazone groups is 1. The quantitative estimate of drug-likeness (QED) is 0.640. The van der Waals surface area contributed by atoms with E-state index < -0.39 is 17.6 Å². The highest BCUT2D eigenvalue weighted by Crippen LogP contribution is 2.13. The van der Waals surface area contributed by atoms with Crippen LogP contribution in [0.1, 0.15) is 27.1 Å². The lowest BCUT2D eigenvalue weighted by Crippen LogP contribution is -2.20. The van der Waals surface area contributed by atoms with Gasteiger partial charge in [-0.05, 0) is 48.5 Å². The summed E-state index contributed by atoms with van der Waals surface area (Å²) in [6.07, 6.45) is 5.51. The molecule has 0 aromatic heterocycles. The van der Waals surface area contributed by atoms with Gasteiger partial charge in [0.2, 0.25) is 0 Å². The normalized spacial score (nSPS) is 15.7. The standard InChI is InChI=1S/C19H16FN3O3/c20-15-8-6-13(7-9-15)18(24)22-16-4-1-3-14(11-16)19(25)23-21-12-17-5-2-10-26-17/h1-4,6-12,17H,5H2,(H,22,24)(H,23,25)/b21-12+. The van der Waals surface area contributed by atoms with E-state index in [2.05, 4.69) is 15.8 Å². The highest BCUT2D eigenvalue weighted by molar-refractivity contribution is 6.05. The van der Waals surface area contributed by atoms with Crippen LogP contribution in [0.4, 0.5) is 10.1 Å². The van der Waals surface area contributed by atoms with E-state index in [-0.39, 0.29) is 6.10 Å². The van der Waals surface area contributed by atoms with E-state index in [1.54, 1.807) is 24.5 Å². The summed E-state index contributed by atoms with van der Waals surface area (Å²) in [5.41, 5.74) is 3.51. The second kappa shape index (κ2) is 8.06. The van der Waals surface area contributed by atoms with Crippen LogP contribution in [-0.4, -0.2) is 24.1 Å². The van der Waals surface area contributed by atoms with Crippen molar-refractivity contribution >= 4 is 23.7 Å². The number of halogens is 1. The molecule has 0 saturated carbocycles. The summed E-state index contributed by atoms with van der Waals surface area (Å²) < 4.78 is 18.1. The van der Waals surface area contributed by atoms with Crippen LogP contribution in [0.5, 0.6) is 0 Å². The number of nitrogens with zero attached hydrogens (tertiary/aromatic N) is 1. The van der Waals surface area contributed by atoms with Crippen LogP contribution in [0, 0.1) is 5.82 Å². The van der Waals surface area contributed by atoms with Gasteiger partial charge in [-0.25, -0.2) is 9.82 Å². The Bertz CT molecular complexity index is 855. The molecule has 26 heavy (non-hydrogen) atoms. The molecule has 0 aliphatic carbocycles. The van der Waals surface area contributed by atoms with E-state index in [0.717, 1.165) is 0 Å². The number of amides is 2. The number of nitrogens with one attached hydrogen (secondary N) is 2. The van der Waals surface area contributed by atoms with Crippen LogP contribution in [-0.2, 0) is 4.74 Å². The summed E-state index contributed by atoms with van der Waals surface area (Å²) in [6, 6.07) is 11.6. The molecule has 2 N–H and O–H groups in total. The van der Waals surface area contributed by atoms with Gasteiger partial charge in [0.15, 0.2) is 0 Å². The van der Waals surface area contributed by atoms with E-state index in [9.17, 15) is 14.0 Å². The number of carbonyl (C=O) groups is 2. The Kier molecular flexibility index (Phi) is 5.38. The highest BCUT2D eigenvalue weighted by atomic mass is 19.1. The number of ether oxygens (including phenoxy) is 1. The summed E-state index contributed by atoms with van der Waals surface area (Å²) in [5.74, 6) is -1.23. The summed E-state index contributed by atoms with van der Waals surface area (Å²) in [4.78, 5) is 24.3. The first-order valence-electron chi connectivity index (χ1n) is 7.93. The maximum absolute atomic E-state index is 12.9. The average Bonchev–Trinajstić information content (AvgIpc) is 3.16. The molecule has 1 unspecified atom stereocenters. The van der Waals surface area contributed by atoms with Crippen LogP contribution in [0.2, 0.25) is 0 Å². The fraction of sp³-hybridized carbons (Fsp3) is 0.105. The van der Waals surface area contributed by atoms with Crippen LogP contribution >= 0.6 is 0 Å². The summed E-state index contributed by atoms with van der Waals surface area (Å²) >= 11 is 0. The molecule has 0 radical (unpaired) electrons. The lowest BCUT2D eigenvalue weighted by atomic mass is 10.1. The highest BCUT2D eigenvalue weighted by Gasteiger charge is 2.10. The molecule has 132 valence electrons. The van der Waals surface area contributed by atoms with Gasteiger partial charge in [0, 0.05) is 23.2 Å². The molecule has 2 aromatic rings. The molecular weight excluding hydrogens is 337 g/mol. The topological polar surface area (TPSA) is 79.8 Å². The molecule has 7 heteroatoms. The second-order valence-corrected chi connectivity index (χ2v) is 5.54. The first-order valence-corrected chi connectivity index (χ1v) is 7.93. The predicted octanol–water partition coefficient (Wildman–Crippen LogP) is 3.10. The van der Waals surface area contributed by atoms with Crippen molar-refractivity contribution in [3.05, 3.63) is 77.8 Å². The molecule has 0 fully saturated rings. The van der Waals surface area contributed by atoms with E-state index in [0.29, 0.717) is 23.2 Å². The number of rotatable bonds is 5. The van der Waals surface area contributed by atoms with E-state index in [1.807, 2.05) is 6.08 Å². The van der Waals surface area contributed by atoms with Crippen molar-refractivity contribution in [1.82, 2.24) is 5.43 Å². The maximum Gasteiger partial charge on any atom is 0.271 e. The molecule has 0 spiro atoms. The zero-order chi connectivity index (χ0) is 18.4. The second-order valence-electron chi connectivity index (χ2n) is 5.54. The molecular formula is C19H16FN3O3. The first-order chi connectivity index (χ1) is 12.6. The Morgan fingerprint density at radius 1 is 1.12 bits per heavy atom. The van der Waals surface area contributed by atoms with Crippen molar-refractivity contribution in [3.63, 3.8) is 0 Å². The number of anilines is 1. The van der Waals surface area contributed by atoms with Crippen molar-refractivity contribution in [2.75, 3.05) is 5.32 Å². The average molecular weight is 353 g/mol. The van der Waals surface area contributed by atoms with Gasteiger partial charge >= 0.3 is 0 Å². The van der Waals surface area contributed by atoms with Crippen LogP contribution in [0.25, 0.3) is 0 Å². The van der Waals surface area contributed by atoms with Crippen LogP contribution in [0.15, 0.2) is 66.0 Å². The predicted molar refractivity (Wildman–Crippen MR) is 95.4 cm³/mol. The van der Waals surface area contributed by atoms with E-state index >= 15 is 0 Å². The molecule has 3 rings (SSSR count). The summed E-state index contributed by atoms with van der Waals surface area (Å²) in [6.45, 7) is 0. The number of carbonyl (C=O) groups excluding carboxylic acids is 2. The van der Waals surface area contributed by atoms with Crippen LogP contribution in [0.3, 0.4) is 0 Å². The van der Waals surface area contributed by atoms with Crippen molar-refractivity contribution in [2.45, 2.75) is 12.5 Å². The Morgan fingerprint density at radius 3 is 2.65 bits per heavy atom. The molecule has 6 nitrogen and oxygen atoms in total. The fourth-order valence-corrected chi connectivity index (χ4v) is 2.28. The third kappa shape index (κ3) is 4.54. The Morgan fingerprint density at radius 2 is 1.92 bits per heavy atom. The fourth-order valence-electron chi connectivity index (χ4n) is 2.28. The third-order valence-electron chi connectivity index (χ3n) is 3.61. The number of hydrogen-bond donors (Lipinski definition) is 2. The Balaban J connectivity index is 1.60. The lowest BCUT2D eigenvalue weighted by molar-refractivity contribution is 0.0953. The minimum absolute atomic E-state index is 0.170. The van der Waals surface area contributed by atoms with Crippen molar-refractivity contribution in [2.24, 2.45) is 5.10 Å². The molecule has 2 aromatic carbocycles. The third-order valence-corrected chi connectivity index (χ3v) is 3.61. The first kappa shape index (κ1) is 17.3. The van der Waals surface area contributed by atoms with Gasteiger partial charge < -0.3 is 10.1 Å². The Labute approximate surface area is 149 Å². The van der Waals surface area contributed by atoms with Gasteiger partial charge in [-0.15, -0.1) is 0 Å². The zero-order valence-corrected chi connectivity index (χ0v) is 13.7. The summed E-state index contributed by atoms with van der Waals surface area (Å²) in [7, 11) is 0. The summed E-state index contributed by atoms with van der Waals surface area (Å²) in [5, 5.41) is 6.53. The molecule has 2 amide bonds. The molecule has 1 atom stereocenters. The zero-order valence-electron chi connectivity index (χ0n) is 13.7. The number of hydrogen-bond acceptors (Lipinski definition) is 4.